The fourth-order valence-electron chi connectivity index (χ4n) is 2.21. The number of hydrogen-bond donors (Lipinski definition) is 1. The van der Waals surface area contributed by atoms with E-state index < -0.39 is 0 Å². The number of hydrogen-bond acceptors (Lipinski definition) is 4. The number of thiocarbonyl (C=S) groups is 1. The second-order valence-corrected chi connectivity index (χ2v) is 5.21. The van der Waals surface area contributed by atoms with Crippen LogP contribution >= 0.6 is 12.2 Å². The highest BCUT2D eigenvalue weighted by Crippen LogP contribution is 2.21. The minimum Gasteiger partial charge on any atom is -0.496 e. The maximum atomic E-state index is 5.75. The molecule has 0 spiro atoms. The largest absolute Gasteiger partial charge is 0.496 e. The van der Waals surface area contributed by atoms with Crippen molar-refractivity contribution in [2.45, 2.75) is 26.4 Å². The third kappa shape index (κ3) is 4.44. The third-order valence-electron chi connectivity index (χ3n) is 3.35. The molecule has 20 heavy (non-hydrogen) atoms. The molecule has 1 atom stereocenters. The van der Waals surface area contributed by atoms with Gasteiger partial charge in [-0.3, -0.25) is 4.90 Å². The quantitative estimate of drug-likeness (QED) is 0.745. The first kappa shape index (κ1) is 16.9. The van der Waals surface area contributed by atoms with Gasteiger partial charge in [-0.1, -0.05) is 25.2 Å². The number of rotatable bonds is 8. The van der Waals surface area contributed by atoms with E-state index in [-0.39, 0.29) is 0 Å². The van der Waals surface area contributed by atoms with Crippen molar-refractivity contribution in [3.8, 4) is 5.75 Å². The lowest BCUT2D eigenvalue weighted by molar-refractivity contribution is 0.0982. The summed E-state index contributed by atoms with van der Waals surface area (Å²) >= 11 is 5.07. The lowest BCUT2D eigenvalue weighted by Crippen LogP contribution is -2.35. The second-order valence-electron chi connectivity index (χ2n) is 4.77. The lowest BCUT2D eigenvalue weighted by atomic mass is 10.1. The predicted molar refractivity (Wildman–Crippen MR) is 86.3 cm³/mol. The van der Waals surface area contributed by atoms with Gasteiger partial charge in [0.1, 0.15) is 10.7 Å². The van der Waals surface area contributed by atoms with Gasteiger partial charge in [-0.2, -0.15) is 0 Å². The van der Waals surface area contributed by atoms with E-state index in [2.05, 4.69) is 18.7 Å². The van der Waals surface area contributed by atoms with Gasteiger partial charge in [0.25, 0.3) is 0 Å². The molecular weight excluding hydrogens is 272 g/mol. The van der Waals surface area contributed by atoms with Gasteiger partial charge in [0, 0.05) is 19.7 Å². The monoisotopic (exact) mass is 296 g/mol. The summed E-state index contributed by atoms with van der Waals surface area (Å²) in [5.41, 5.74) is 7.70. The predicted octanol–water partition coefficient (Wildman–Crippen LogP) is 2.19. The fourth-order valence-corrected chi connectivity index (χ4v) is 2.37. The highest BCUT2D eigenvalue weighted by Gasteiger charge is 2.14. The summed E-state index contributed by atoms with van der Waals surface area (Å²) in [5, 5.41) is 0. The van der Waals surface area contributed by atoms with E-state index in [1.165, 1.54) is 5.56 Å². The Kier molecular flexibility index (Phi) is 6.91. The SMILES string of the molecule is CCN(Cc1ccc(OC)c(C(N)=S)c1)C(C)COC. The number of ether oxygens (including phenoxy) is 2. The van der Waals surface area contributed by atoms with Crippen molar-refractivity contribution in [1.82, 2.24) is 4.90 Å². The Balaban J connectivity index is 2.91. The summed E-state index contributed by atoms with van der Waals surface area (Å²) in [6.45, 7) is 6.81. The van der Waals surface area contributed by atoms with Gasteiger partial charge in [0.05, 0.1) is 19.3 Å². The molecule has 1 unspecified atom stereocenters. The van der Waals surface area contributed by atoms with Gasteiger partial charge < -0.3 is 15.2 Å². The Morgan fingerprint density at radius 3 is 2.60 bits per heavy atom. The van der Waals surface area contributed by atoms with Gasteiger partial charge in [0.2, 0.25) is 0 Å². The molecule has 0 bridgehead atoms. The third-order valence-corrected chi connectivity index (χ3v) is 3.57. The Morgan fingerprint density at radius 1 is 1.40 bits per heavy atom. The van der Waals surface area contributed by atoms with Crippen molar-refractivity contribution in [2.24, 2.45) is 5.73 Å². The highest BCUT2D eigenvalue weighted by atomic mass is 32.1. The van der Waals surface area contributed by atoms with Crippen molar-refractivity contribution in [3.63, 3.8) is 0 Å². The number of methoxy groups -OCH3 is 2. The zero-order chi connectivity index (χ0) is 15.1. The van der Waals surface area contributed by atoms with Gasteiger partial charge in [0.15, 0.2) is 0 Å². The Hall–Kier alpha value is -1.17. The smallest absolute Gasteiger partial charge is 0.129 e. The summed E-state index contributed by atoms with van der Waals surface area (Å²) in [6, 6.07) is 6.32. The van der Waals surface area contributed by atoms with Crippen molar-refractivity contribution in [2.75, 3.05) is 27.4 Å². The topological polar surface area (TPSA) is 47.7 Å². The summed E-state index contributed by atoms with van der Waals surface area (Å²) < 4.78 is 10.5. The first-order valence-electron chi connectivity index (χ1n) is 6.73. The van der Waals surface area contributed by atoms with E-state index in [1.807, 2.05) is 18.2 Å². The van der Waals surface area contributed by atoms with Crippen LogP contribution in [-0.2, 0) is 11.3 Å². The van der Waals surface area contributed by atoms with Crippen LogP contribution in [0.1, 0.15) is 25.0 Å². The van der Waals surface area contributed by atoms with Crippen molar-refractivity contribution < 1.29 is 9.47 Å². The van der Waals surface area contributed by atoms with Crippen LogP contribution in [0, 0.1) is 0 Å². The second kappa shape index (κ2) is 8.19. The lowest BCUT2D eigenvalue weighted by Gasteiger charge is -2.27. The van der Waals surface area contributed by atoms with Gasteiger partial charge >= 0.3 is 0 Å². The molecule has 112 valence electrons. The molecule has 0 radical (unpaired) electrons. The molecule has 1 rings (SSSR count). The number of nitrogens with zero attached hydrogens (tertiary/aromatic N) is 1. The first-order chi connectivity index (χ1) is 9.53. The van der Waals surface area contributed by atoms with E-state index in [1.54, 1.807) is 14.2 Å². The van der Waals surface area contributed by atoms with Crippen LogP contribution in [0.25, 0.3) is 0 Å². The van der Waals surface area contributed by atoms with Gasteiger partial charge in [-0.25, -0.2) is 0 Å². The Labute approximate surface area is 126 Å². The molecule has 0 heterocycles. The summed E-state index contributed by atoms with van der Waals surface area (Å²) in [7, 11) is 3.35. The molecule has 0 saturated heterocycles. The summed E-state index contributed by atoms with van der Waals surface area (Å²) in [5.74, 6) is 0.717. The van der Waals surface area contributed by atoms with E-state index in [0.717, 1.165) is 18.7 Å². The standard InChI is InChI=1S/C15H24N2O2S/c1-5-17(11(2)10-18-3)9-12-6-7-14(19-4)13(8-12)15(16)20/h6-8,11H,5,9-10H2,1-4H3,(H2,16,20). The van der Waals surface area contributed by atoms with Crippen LogP contribution in [0.3, 0.4) is 0 Å². The Morgan fingerprint density at radius 2 is 2.10 bits per heavy atom. The molecule has 4 nitrogen and oxygen atoms in total. The minimum absolute atomic E-state index is 0.358. The summed E-state index contributed by atoms with van der Waals surface area (Å²) in [6.07, 6.45) is 0. The molecule has 0 aromatic heterocycles. The van der Waals surface area contributed by atoms with Crippen LogP contribution in [0.15, 0.2) is 18.2 Å². The van der Waals surface area contributed by atoms with E-state index in [4.69, 9.17) is 27.4 Å². The molecule has 0 fully saturated rings. The fraction of sp³-hybridized carbons (Fsp3) is 0.533. The zero-order valence-corrected chi connectivity index (χ0v) is 13.5. The molecule has 5 heteroatoms. The highest BCUT2D eigenvalue weighted by molar-refractivity contribution is 7.80. The number of benzene rings is 1. The molecule has 0 saturated carbocycles. The molecule has 0 aliphatic carbocycles. The van der Waals surface area contributed by atoms with Crippen LogP contribution in [-0.4, -0.2) is 43.3 Å². The van der Waals surface area contributed by atoms with E-state index in [0.29, 0.717) is 23.4 Å². The van der Waals surface area contributed by atoms with Crippen LogP contribution in [0.5, 0.6) is 5.75 Å². The molecule has 2 N–H and O–H groups in total. The minimum atomic E-state index is 0.358. The molecule has 0 aliphatic heterocycles. The van der Waals surface area contributed by atoms with Gasteiger partial charge in [-0.15, -0.1) is 0 Å². The van der Waals surface area contributed by atoms with Crippen LogP contribution < -0.4 is 10.5 Å². The maximum absolute atomic E-state index is 5.75. The Bertz CT molecular complexity index is 451. The zero-order valence-electron chi connectivity index (χ0n) is 12.7. The van der Waals surface area contributed by atoms with Crippen LogP contribution in [0.2, 0.25) is 0 Å². The molecule has 1 aromatic carbocycles. The summed E-state index contributed by atoms with van der Waals surface area (Å²) in [4.78, 5) is 2.70. The molecule has 0 aliphatic rings. The van der Waals surface area contributed by atoms with E-state index in [9.17, 15) is 0 Å². The maximum Gasteiger partial charge on any atom is 0.129 e. The molecule has 1 aromatic rings. The van der Waals surface area contributed by atoms with Gasteiger partial charge in [-0.05, 0) is 31.2 Å². The average molecular weight is 296 g/mol. The van der Waals surface area contributed by atoms with Crippen molar-refractivity contribution >= 4 is 17.2 Å². The number of nitrogens with two attached hydrogens (primary N) is 1. The van der Waals surface area contributed by atoms with Crippen molar-refractivity contribution in [1.29, 1.82) is 0 Å². The average Bonchev–Trinajstić information content (AvgIpc) is 2.44. The van der Waals surface area contributed by atoms with E-state index >= 15 is 0 Å². The molecule has 0 amide bonds. The van der Waals surface area contributed by atoms with Crippen molar-refractivity contribution in [3.05, 3.63) is 29.3 Å². The first-order valence-corrected chi connectivity index (χ1v) is 7.14. The normalized spacial score (nSPS) is 12.4. The van der Waals surface area contributed by atoms with Crippen LogP contribution in [0.4, 0.5) is 0 Å². The molecular formula is C15H24N2O2S. The number of likely N-dealkylation sites (N-methyl/N-ethyl adjacent to an activating group) is 1.